The summed E-state index contributed by atoms with van der Waals surface area (Å²) >= 11 is 0. The van der Waals surface area contributed by atoms with Gasteiger partial charge in [-0.1, -0.05) is 5.11 Å². The molecule has 86 valence electrons. The molecule has 2 unspecified atom stereocenters. The number of rotatable bonds is 5. The van der Waals surface area contributed by atoms with E-state index < -0.39 is 12.2 Å². The summed E-state index contributed by atoms with van der Waals surface area (Å²) in [6.45, 7) is 0.125. The van der Waals surface area contributed by atoms with Crippen molar-refractivity contribution in [3.63, 3.8) is 0 Å². The fraction of sp³-hybridized carbons (Fsp3) is 0.444. The molecule has 1 aromatic heterocycles. The zero-order chi connectivity index (χ0) is 12.0. The van der Waals surface area contributed by atoms with E-state index in [2.05, 4.69) is 15.0 Å². The minimum atomic E-state index is -1.10. The van der Waals surface area contributed by atoms with Crippen LogP contribution in [0.2, 0.25) is 0 Å². The maximum Gasteiger partial charge on any atom is 0.107 e. The molecule has 0 aliphatic heterocycles. The number of nitrogens with zero attached hydrogens (tertiary/aromatic N) is 4. The summed E-state index contributed by atoms with van der Waals surface area (Å²) in [6, 6.07) is 1.54. The number of pyridine rings is 1. The van der Waals surface area contributed by atoms with Crippen molar-refractivity contribution in [2.45, 2.75) is 18.6 Å². The second-order valence-corrected chi connectivity index (χ2v) is 3.26. The number of anilines is 1. The van der Waals surface area contributed by atoms with Crippen molar-refractivity contribution in [3.05, 3.63) is 34.5 Å². The van der Waals surface area contributed by atoms with Gasteiger partial charge in [0, 0.05) is 23.2 Å². The molecule has 1 aromatic rings. The fourth-order valence-electron chi connectivity index (χ4n) is 1.29. The predicted octanol–water partition coefficient (Wildman–Crippen LogP) is 0.758. The molecule has 0 aromatic carbocycles. The molecule has 1 rings (SSSR count). The first-order valence-corrected chi connectivity index (χ1v) is 4.73. The van der Waals surface area contributed by atoms with Crippen LogP contribution >= 0.6 is 0 Å². The standard InChI is InChI=1S/C9H13N5O2/c10-7-5-12-3-1-6(7)9(16)8(15)2-4-13-14-11/h1,3,5,8-9,15-16H,2,4,10H2. The molecule has 0 bridgehead atoms. The fourth-order valence-corrected chi connectivity index (χ4v) is 1.29. The van der Waals surface area contributed by atoms with E-state index in [0.29, 0.717) is 11.3 Å². The minimum Gasteiger partial charge on any atom is -0.397 e. The summed E-state index contributed by atoms with van der Waals surface area (Å²) in [5.74, 6) is 0. The molecule has 4 N–H and O–H groups in total. The zero-order valence-corrected chi connectivity index (χ0v) is 8.56. The molecule has 7 heteroatoms. The lowest BCUT2D eigenvalue weighted by Crippen LogP contribution is -2.20. The molecule has 0 radical (unpaired) electrons. The molecule has 0 aliphatic rings. The molecule has 0 aliphatic carbocycles. The molecule has 7 nitrogen and oxygen atoms in total. The smallest absolute Gasteiger partial charge is 0.107 e. The van der Waals surface area contributed by atoms with Crippen LogP contribution in [0.3, 0.4) is 0 Å². The maximum atomic E-state index is 9.78. The van der Waals surface area contributed by atoms with Crippen molar-refractivity contribution in [1.29, 1.82) is 0 Å². The van der Waals surface area contributed by atoms with Crippen molar-refractivity contribution in [1.82, 2.24) is 4.98 Å². The van der Waals surface area contributed by atoms with Gasteiger partial charge in [0.1, 0.15) is 6.10 Å². The van der Waals surface area contributed by atoms with Crippen LogP contribution in [0.4, 0.5) is 5.69 Å². The van der Waals surface area contributed by atoms with E-state index in [1.807, 2.05) is 0 Å². The van der Waals surface area contributed by atoms with Crippen molar-refractivity contribution < 1.29 is 10.2 Å². The number of hydrogen-bond acceptors (Lipinski definition) is 5. The van der Waals surface area contributed by atoms with E-state index in [9.17, 15) is 10.2 Å². The highest BCUT2D eigenvalue weighted by atomic mass is 16.3. The Morgan fingerprint density at radius 3 is 2.94 bits per heavy atom. The van der Waals surface area contributed by atoms with Crippen molar-refractivity contribution >= 4 is 5.69 Å². The lowest BCUT2D eigenvalue weighted by atomic mass is 10.0. The van der Waals surface area contributed by atoms with Gasteiger partial charge < -0.3 is 15.9 Å². The van der Waals surface area contributed by atoms with Gasteiger partial charge in [-0.15, -0.1) is 0 Å². The molecule has 0 amide bonds. The topological polar surface area (TPSA) is 128 Å². The Hall–Kier alpha value is -1.82. The maximum absolute atomic E-state index is 9.78. The number of hydrogen-bond donors (Lipinski definition) is 3. The monoisotopic (exact) mass is 223 g/mol. The highest BCUT2D eigenvalue weighted by Crippen LogP contribution is 2.23. The van der Waals surface area contributed by atoms with Gasteiger partial charge in [-0.05, 0) is 18.0 Å². The third-order valence-corrected chi connectivity index (χ3v) is 2.16. The molecular formula is C9H13N5O2. The highest BCUT2D eigenvalue weighted by Gasteiger charge is 2.19. The Kier molecular flexibility index (Phi) is 4.53. The van der Waals surface area contributed by atoms with Gasteiger partial charge in [0.25, 0.3) is 0 Å². The minimum absolute atomic E-state index is 0.125. The van der Waals surface area contributed by atoms with Gasteiger partial charge in [-0.2, -0.15) is 0 Å². The second kappa shape index (κ2) is 5.92. The van der Waals surface area contributed by atoms with E-state index >= 15 is 0 Å². The lowest BCUT2D eigenvalue weighted by Gasteiger charge is -2.18. The van der Waals surface area contributed by atoms with Crippen LogP contribution in [-0.2, 0) is 0 Å². The third kappa shape index (κ3) is 3.09. The van der Waals surface area contributed by atoms with Gasteiger partial charge in [0.05, 0.1) is 18.0 Å². The van der Waals surface area contributed by atoms with E-state index in [1.165, 1.54) is 18.5 Å². The molecule has 0 saturated carbocycles. The SMILES string of the molecule is [N-]=[N+]=NCCC(O)C(O)c1ccncc1N. The Labute approximate surface area is 92.2 Å². The van der Waals surface area contributed by atoms with Gasteiger partial charge in [0.15, 0.2) is 0 Å². The summed E-state index contributed by atoms with van der Waals surface area (Å²) in [4.78, 5) is 6.33. The van der Waals surface area contributed by atoms with Crippen LogP contribution in [0.25, 0.3) is 10.4 Å². The first-order chi connectivity index (χ1) is 7.66. The van der Waals surface area contributed by atoms with Gasteiger partial charge in [-0.25, -0.2) is 0 Å². The third-order valence-electron chi connectivity index (χ3n) is 2.16. The Morgan fingerprint density at radius 1 is 1.56 bits per heavy atom. The van der Waals surface area contributed by atoms with Crippen LogP contribution < -0.4 is 5.73 Å². The molecular weight excluding hydrogens is 210 g/mol. The van der Waals surface area contributed by atoms with Gasteiger partial charge in [0.2, 0.25) is 0 Å². The van der Waals surface area contributed by atoms with Crippen molar-refractivity contribution in [2.24, 2.45) is 5.11 Å². The van der Waals surface area contributed by atoms with Gasteiger partial charge >= 0.3 is 0 Å². The summed E-state index contributed by atoms with van der Waals surface area (Å²) < 4.78 is 0. The van der Waals surface area contributed by atoms with Crippen molar-refractivity contribution in [3.8, 4) is 0 Å². The second-order valence-electron chi connectivity index (χ2n) is 3.26. The summed E-state index contributed by atoms with van der Waals surface area (Å²) in [5, 5.41) is 22.7. The van der Waals surface area contributed by atoms with E-state index in [0.717, 1.165) is 0 Å². The zero-order valence-electron chi connectivity index (χ0n) is 8.56. The lowest BCUT2D eigenvalue weighted by molar-refractivity contribution is 0.0154. The molecule has 16 heavy (non-hydrogen) atoms. The highest BCUT2D eigenvalue weighted by molar-refractivity contribution is 5.45. The normalized spacial score (nSPS) is 13.9. The Bertz CT molecular complexity index is 391. The number of nitrogens with two attached hydrogens (primary N) is 1. The Morgan fingerprint density at radius 2 is 2.31 bits per heavy atom. The average molecular weight is 223 g/mol. The summed E-state index contributed by atoms with van der Waals surface area (Å²) in [6.07, 6.45) is 0.938. The average Bonchev–Trinajstić information content (AvgIpc) is 2.29. The van der Waals surface area contributed by atoms with E-state index in [4.69, 9.17) is 11.3 Å². The number of nitrogen functional groups attached to an aromatic ring is 1. The largest absolute Gasteiger partial charge is 0.397 e. The van der Waals surface area contributed by atoms with E-state index in [1.54, 1.807) is 0 Å². The number of aliphatic hydroxyl groups is 2. The Balaban J connectivity index is 2.66. The van der Waals surface area contributed by atoms with Crippen LogP contribution in [0.1, 0.15) is 18.1 Å². The molecule has 0 spiro atoms. The number of aliphatic hydroxyl groups excluding tert-OH is 2. The molecule has 0 fully saturated rings. The summed E-state index contributed by atoms with van der Waals surface area (Å²) in [5.41, 5.74) is 14.4. The first-order valence-electron chi connectivity index (χ1n) is 4.73. The first kappa shape index (κ1) is 12.3. The number of azide groups is 1. The van der Waals surface area contributed by atoms with Crippen LogP contribution in [0.5, 0.6) is 0 Å². The quantitative estimate of drug-likeness (QED) is 0.386. The van der Waals surface area contributed by atoms with Crippen LogP contribution in [-0.4, -0.2) is 27.8 Å². The van der Waals surface area contributed by atoms with Crippen LogP contribution in [0, 0.1) is 0 Å². The van der Waals surface area contributed by atoms with E-state index in [-0.39, 0.29) is 13.0 Å². The predicted molar refractivity (Wildman–Crippen MR) is 58.2 cm³/mol. The molecule has 2 atom stereocenters. The number of aromatic nitrogens is 1. The van der Waals surface area contributed by atoms with Gasteiger partial charge in [-0.3, -0.25) is 4.98 Å². The van der Waals surface area contributed by atoms with Crippen LogP contribution in [0.15, 0.2) is 23.6 Å². The van der Waals surface area contributed by atoms with Crippen molar-refractivity contribution in [2.75, 3.05) is 12.3 Å². The molecule has 1 heterocycles. The summed E-state index contributed by atoms with van der Waals surface area (Å²) in [7, 11) is 0. The molecule has 0 saturated heterocycles.